The molecule has 0 amide bonds. The van der Waals surface area contributed by atoms with Gasteiger partial charge in [0.05, 0.1) is 17.8 Å². The zero-order chi connectivity index (χ0) is 21.3. The second-order valence-electron chi connectivity index (χ2n) is 7.81. The first-order valence-corrected chi connectivity index (χ1v) is 11.6. The molecular weight excluding hydrogens is 456 g/mol. The van der Waals surface area contributed by atoms with Crippen LogP contribution in [0.15, 0.2) is 59.2 Å². The fourth-order valence-corrected chi connectivity index (χ4v) is 4.98. The number of nitrogens with one attached hydrogen (secondary N) is 1. The van der Waals surface area contributed by atoms with E-state index in [1.807, 2.05) is 18.3 Å². The van der Waals surface area contributed by atoms with Crippen LogP contribution in [-0.4, -0.2) is 26.1 Å². The van der Waals surface area contributed by atoms with E-state index in [0.29, 0.717) is 0 Å². The van der Waals surface area contributed by atoms with Crippen LogP contribution in [0.1, 0.15) is 54.5 Å². The summed E-state index contributed by atoms with van der Waals surface area (Å²) in [6.07, 6.45) is 4.10. The third-order valence-corrected chi connectivity index (χ3v) is 6.71. The summed E-state index contributed by atoms with van der Waals surface area (Å²) in [4.78, 5) is 7.00. The minimum absolute atomic E-state index is 0.0365. The van der Waals surface area contributed by atoms with E-state index in [2.05, 4.69) is 92.9 Å². The Labute approximate surface area is 192 Å². The van der Waals surface area contributed by atoms with Gasteiger partial charge in [-0.1, -0.05) is 35.3 Å². The average molecular weight is 483 g/mol. The van der Waals surface area contributed by atoms with Gasteiger partial charge < -0.3 is 14.8 Å². The van der Waals surface area contributed by atoms with Gasteiger partial charge in [0.1, 0.15) is 0 Å². The SMILES string of the molecule is CCCCN1C(=S)N[C@H](c2ccccn2)[C@@H]1c1cc(C)n(-c2ccc(Br)cc2)c1C. The predicted octanol–water partition coefficient (Wildman–Crippen LogP) is 6.02. The number of thiocarbonyl (C=S) groups is 1. The highest BCUT2D eigenvalue weighted by Gasteiger charge is 2.41. The van der Waals surface area contributed by atoms with Gasteiger partial charge in [0.25, 0.3) is 0 Å². The fourth-order valence-electron chi connectivity index (χ4n) is 4.39. The largest absolute Gasteiger partial charge is 0.352 e. The molecule has 0 bridgehead atoms. The number of halogens is 1. The van der Waals surface area contributed by atoms with Gasteiger partial charge in [-0.15, -0.1) is 0 Å². The van der Waals surface area contributed by atoms with Crippen molar-refractivity contribution < 1.29 is 0 Å². The van der Waals surface area contributed by atoms with Crippen molar-refractivity contribution in [2.75, 3.05) is 6.54 Å². The first-order valence-electron chi connectivity index (χ1n) is 10.4. The molecule has 4 rings (SSSR count). The number of nitrogens with zero attached hydrogens (tertiary/aromatic N) is 3. The van der Waals surface area contributed by atoms with Crippen molar-refractivity contribution in [3.05, 3.63) is 81.8 Å². The molecule has 1 aliphatic rings. The Hall–Kier alpha value is -2.18. The number of aryl methyl sites for hydroxylation is 1. The lowest BCUT2D eigenvalue weighted by atomic mass is 9.96. The van der Waals surface area contributed by atoms with Crippen LogP contribution in [0.25, 0.3) is 5.69 Å². The van der Waals surface area contributed by atoms with Crippen LogP contribution < -0.4 is 5.32 Å². The summed E-state index contributed by atoms with van der Waals surface area (Å²) in [6.45, 7) is 7.54. The van der Waals surface area contributed by atoms with E-state index in [1.54, 1.807) is 0 Å². The fraction of sp³-hybridized carbons (Fsp3) is 0.333. The molecule has 156 valence electrons. The van der Waals surface area contributed by atoms with E-state index in [1.165, 1.54) is 22.6 Å². The monoisotopic (exact) mass is 482 g/mol. The van der Waals surface area contributed by atoms with Crippen LogP contribution in [0.4, 0.5) is 0 Å². The highest BCUT2D eigenvalue weighted by Crippen LogP contribution is 2.41. The average Bonchev–Trinajstić information content (AvgIpc) is 3.23. The number of pyridine rings is 1. The zero-order valence-electron chi connectivity index (χ0n) is 17.6. The Morgan fingerprint density at radius 3 is 2.57 bits per heavy atom. The molecule has 3 heterocycles. The van der Waals surface area contributed by atoms with Gasteiger partial charge in [0.2, 0.25) is 0 Å². The molecule has 0 aliphatic carbocycles. The van der Waals surface area contributed by atoms with Crippen LogP contribution in [-0.2, 0) is 0 Å². The van der Waals surface area contributed by atoms with Crippen molar-refractivity contribution in [2.24, 2.45) is 0 Å². The molecule has 2 atom stereocenters. The second-order valence-corrected chi connectivity index (χ2v) is 9.11. The van der Waals surface area contributed by atoms with Crippen molar-refractivity contribution in [2.45, 2.75) is 45.7 Å². The molecular formula is C24H27BrN4S. The third-order valence-electron chi connectivity index (χ3n) is 5.82. The zero-order valence-corrected chi connectivity index (χ0v) is 20.0. The Kier molecular flexibility index (Phi) is 6.25. The minimum Gasteiger partial charge on any atom is -0.352 e. The standard InChI is InChI=1S/C24H27BrN4S/c1-4-5-14-28-23(22(27-24(28)30)21-8-6-7-13-26-21)20-15-16(2)29(17(20)3)19-11-9-18(25)10-12-19/h6-13,15,22-23H,4-5,14H2,1-3H3,(H,27,30)/t22-,23+/m1/s1. The molecule has 1 saturated heterocycles. The molecule has 1 aromatic carbocycles. The van der Waals surface area contributed by atoms with E-state index < -0.39 is 0 Å². The number of hydrogen-bond acceptors (Lipinski definition) is 2. The van der Waals surface area contributed by atoms with Crippen LogP contribution in [0.3, 0.4) is 0 Å². The molecule has 0 unspecified atom stereocenters. The predicted molar refractivity (Wildman–Crippen MR) is 130 cm³/mol. The molecule has 1 N–H and O–H groups in total. The molecule has 0 radical (unpaired) electrons. The summed E-state index contributed by atoms with van der Waals surface area (Å²) in [6, 6.07) is 17.0. The number of hydrogen-bond donors (Lipinski definition) is 1. The van der Waals surface area contributed by atoms with Crippen molar-refractivity contribution in [3.8, 4) is 5.69 Å². The number of aromatic nitrogens is 2. The van der Waals surface area contributed by atoms with E-state index in [-0.39, 0.29) is 12.1 Å². The number of rotatable bonds is 6. The quantitative estimate of drug-likeness (QED) is 0.435. The summed E-state index contributed by atoms with van der Waals surface area (Å²) in [7, 11) is 0. The van der Waals surface area contributed by atoms with Gasteiger partial charge in [0, 0.05) is 34.3 Å². The lowest BCUT2D eigenvalue weighted by Gasteiger charge is -2.28. The Morgan fingerprint density at radius 2 is 1.90 bits per heavy atom. The maximum Gasteiger partial charge on any atom is 0.170 e. The van der Waals surface area contributed by atoms with Crippen LogP contribution in [0.2, 0.25) is 0 Å². The van der Waals surface area contributed by atoms with Gasteiger partial charge >= 0.3 is 0 Å². The Balaban J connectivity index is 1.81. The number of benzene rings is 1. The van der Waals surface area contributed by atoms with Crippen molar-refractivity contribution >= 4 is 33.3 Å². The maximum absolute atomic E-state index is 5.77. The Morgan fingerprint density at radius 1 is 1.13 bits per heavy atom. The number of unbranched alkanes of at least 4 members (excludes halogenated alkanes) is 1. The molecule has 4 nitrogen and oxygen atoms in total. The van der Waals surface area contributed by atoms with E-state index in [0.717, 1.165) is 34.7 Å². The highest BCUT2D eigenvalue weighted by molar-refractivity contribution is 9.10. The summed E-state index contributed by atoms with van der Waals surface area (Å²) in [5, 5.41) is 4.38. The van der Waals surface area contributed by atoms with Crippen molar-refractivity contribution in [1.82, 2.24) is 19.8 Å². The molecule has 0 saturated carbocycles. The van der Waals surface area contributed by atoms with Crippen molar-refractivity contribution in [3.63, 3.8) is 0 Å². The Bertz CT molecular complexity index is 1030. The van der Waals surface area contributed by atoms with E-state index in [4.69, 9.17) is 12.2 Å². The van der Waals surface area contributed by atoms with Crippen LogP contribution in [0.5, 0.6) is 0 Å². The highest BCUT2D eigenvalue weighted by atomic mass is 79.9. The third kappa shape index (κ3) is 3.91. The van der Waals surface area contributed by atoms with Crippen LogP contribution >= 0.6 is 28.1 Å². The normalized spacial score (nSPS) is 18.7. The molecule has 0 spiro atoms. The molecule has 1 fully saturated rings. The summed E-state index contributed by atoms with van der Waals surface area (Å²) in [5.74, 6) is 0. The molecule has 30 heavy (non-hydrogen) atoms. The van der Waals surface area contributed by atoms with Crippen LogP contribution in [0, 0.1) is 13.8 Å². The van der Waals surface area contributed by atoms with E-state index >= 15 is 0 Å². The second kappa shape index (κ2) is 8.90. The lowest BCUT2D eigenvalue weighted by molar-refractivity contribution is 0.312. The van der Waals surface area contributed by atoms with Gasteiger partial charge in [-0.3, -0.25) is 4.98 Å². The van der Waals surface area contributed by atoms with Gasteiger partial charge in [-0.05, 0) is 80.5 Å². The summed E-state index contributed by atoms with van der Waals surface area (Å²) >= 11 is 9.31. The molecule has 6 heteroatoms. The molecule has 1 aliphatic heterocycles. The van der Waals surface area contributed by atoms with Gasteiger partial charge in [0.15, 0.2) is 5.11 Å². The maximum atomic E-state index is 5.77. The topological polar surface area (TPSA) is 33.1 Å². The first-order chi connectivity index (χ1) is 14.5. The molecule has 2 aromatic heterocycles. The van der Waals surface area contributed by atoms with Gasteiger partial charge in [-0.2, -0.15) is 0 Å². The summed E-state index contributed by atoms with van der Waals surface area (Å²) in [5.41, 5.74) is 5.96. The summed E-state index contributed by atoms with van der Waals surface area (Å²) < 4.78 is 3.41. The lowest BCUT2D eigenvalue weighted by Crippen LogP contribution is -2.30. The first kappa shape index (κ1) is 21.1. The van der Waals surface area contributed by atoms with Gasteiger partial charge in [-0.25, -0.2) is 0 Å². The minimum atomic E-state index is 0.0365. The van der Waals surface area contributed by atoms with Crippen molar-refractivity contribution in [1.29, 1.82) is 0 Å². The molecule has 3 aromatic rings. The van der Waals surface area contributed by atoms with E-state index in [9.17, 15) is 0 Å². The smallest absolute Gasteiger partial charge is 0.170 e.